The van der Waals surface area contributed by atoms with Crippen LogP contribution in [0.5, 0.6) is 0 Å². The van der Waals surface area contributed by atoms with Crippen LogP contribution in [0.1, 0.15) is 16.7 Å². The average Bonchev–Trinajstić information content (AvgIpc) is 3.67. The number of hydrogen-bond acceptors (Lipinski definition) is 5. The van der Waals surface area contributed by atoms with Gasteiger partial charge in [0.2, 0.25) is 0 Å². The Morgan fingerprint density at radius 3 is 1.86 bits per heavy atom. The van der Waals surface area contributed by atoms with E-state index < -0.39 is 11.6 Å². The molecule has 0 fully saturated rings. The number of fused-ring (bicyclic) bond motifs is 1. The molecule has 0 bridgehead atoms. The van der Waals surface area contributed by atoms with Gasteiger partial charge in [0.15, 0.2) is 5.82 Å². The maximum absolute atomic E-state index is 11.9. The quantitative estimate of drug-likeness (QED) is 0.246. The molecule has 1 N–H and O–H groups in total. The molecule has 0 aliphatic carbocycles. The van der Waals surface area contributed by atoms with Gasteiger partial charge in [-0.15, -0.1) is 0 Å². The third kappa shape index (κ3) is 4.51. The van der Waals surface area contributed by atoms with E-state index in [4.69, 9.17) is 5.10 Å². The zero-order valence-electron chi connectivity index (χ0n) is 22.9. The van der Waals surface area contributed by atoms with Gasteiger partial charge in [-0.2, -0.15) is 5.10 Å². The van der Waals surface area contributed by atoms with Gasteiger partial charge in [0.05, 0.1) is 17.6 Å². The first kappa shape index (κ1) is 25.9. The van der Waals surface area contributed by atoms with Crippen molar-refractivity contribution < 1.29 is 9.90 Å². The van der Waals surface area contributed by atoms with E-state index in [9.17, 15) is 9.90 Å². The Morgan fingerprint density at radius 2 is 1.30 bits per heavy atom. The van der Waals surface area contributed by atoms with E-state index >= 15 is 0 Å². The number of carbonyl (C=O) groups is 1. The Balaban J connectivity index is 1.50. The number of nitrogens with zero attached hydrogens (tertiary/aromatic N) is 5. The number of carbonyl (C=O) groups excluding carboxylic acids is 1. The van der Waals surface area contributed by atoms with Crippen LogP contribution in [0.25, 0.3) is 28.2 Å². The summed E-state index contributed by atoms with van der Waals surface area (Å²) in [7, 11) is 0. The van der Waals surface area contributed by atoms with Crippen molar-refractivity contribution >= 4 is 17.6 Å². The molecule has 0 radical (unpaired) electrons. The smallest absolute Gasteiger partial charge is 0.161 e. The van der Waals surface area contributed by atoms with Gasteiger partial charge in [0.1, 0.15) is 17.3 Å². The molecule has 0 saturated heterocycles. The first-order chi connectivity index (χ1) is 21.1. The molecule has 8 nitrogen and oxygen atoms in total. The number of benzene rings is 3. The minimum atomic E-state index is -1.45. The number of nitrogens with one attached hydrogen (secondary N) is 1. The van der Waals surface area contributed by atoms with Crippen molar-refractivity contribution in [3.63, 3.8) is 0 Å². The number of imidazole rings is 1. The van der Waals surface area contributed by atoms with Crippen molar-refractivity contribution in [1.29, 1.82) is 0 Å². The lowest BCUT2D eigenvalue weighted by atomic mass is 9.77. The Bertz CT molecular complexity index is 1920. The number of aromatic nitrogens is 5. The van der Waals surface area contributed by atoms with E-state index in [-0.39, 0.29) is 5.82 Å². The summed E-state index contributed by atoms with van der Waals surface area (Å²) < 4.78 is 3.78. The van der Waals surface area contributed by atoms with Gasteiger partial charge in [-0.3, -0.25) is 14.1 Å². The minimum Gasteiger partial charge on any atom is -0.530 e. The molecule has 43 heavy (non-hydrogen) atoms. The lowest BCUT2D eigenvalue weighted by Crippen LogP contribution is -2.38. The molecule has 4 heterocycles. The second-order valence-corrected chi connectivity index (χ2v) is 10.1. The van der Waals surface area contributed by atoms with Crippen molar-refractivity contribution in [3.05, 3.63) is 163 Å². The number of rotatable bonds is 7. The van der Waals surface area contributed by atoms with Crippen LogP contribution in [0.2, 0.25) is 0 Å². The predicted octanol–water partition coefficient (Wildman–Crippen LogP) is 5.86. The molecule has 0 atom stereocenters. The summed E-state index contributed by atoms with van der Waals surface area (Å²) in [5.41, 5.74) is 5.59. The molecule has 7 aromatic rings. The molecular formula is C35H25N6O2-. The zero-order valence-corrected chi connectivity index (χ0v) is 22.9. The number of anilines is 1. The van der Waals surface area contributed by atoms with Crippen LogP contribution in [0, 0.1) is 0 Å². The molecule has 0 saturated carbocycles. The Labute approximate surface area is 247 Å². The van der Waals surface area contributed by atoms with Crippen LogP contribution in [-0.4, -0.2) is 30.2 Å². The van der Waals surface area contributed by atoms with Gasteiger partial charge in [-0.25, -0.2) is 4.98 Å². The summed E-state index contributed by atoms with van der Waals surface area (Å²) in [5.74, 6) is 0.158. The maximum atomic E-state index is 11.9. The predicted molar refractivity (Wildman–Crippen MR) is 163 cm³/mol. The van der Waals surface area contributed by atoms with E-state index in [0.29, 0.717) is 5.56 Å². The Morgan fingerprint density at radius 1 is 0.698 bits per heavy atom. The summed E-state index contributed by atoms with van der Waals surface area (Å²) in [5, 5.41) is 19.3. The molecule has 0 aliphatic heterocycles. The van der Waals surface area contributed by atoms with Crippen molar-refractivity contribution in [2.45, 2.75) is 5.54 Å². The SMILES string of the molecule is O=C([O-])Nc1nn(C(c2ccccc2)(c2ccccc2)c2ccccc2)cc1-c1ccc2ncc(-c3ccccn3)n2c1. The highest BCUT2D eigenvalue weighted by atomic mass is 16.4. The number of amides is 1. The van der Waals surface area contributed by atoms with Gasteiger partial charge in [0.25, 0.3) is 0 Å². The fourth-order valence-corrected chi connectivity index (χ4v) is 5.72. The fourth-order valence-electron chi connectivity index (χ4n) is 5.72. The summed E-state index contributed by atoms with van der Waals surface area (Å²) in [6.07, 6.45) is 5.87. The van der Waals surface area contributed by atoms with E-state index in [0.717, 1.165) is 39.3 Å². The Hall–Kier alpha value is -6.02. The van der Waals surface area contributed by atoms with Crippen LogP contribution < -0.4 is 10.4 Å². The van der Waals surface area contributed by atoms with E-state index in [2.05, 4.69) is 51.7 Å². The van der Waals surface area contributed by atoms with Gasteiger partial charge in [0, 0.05) is 29.7 Å². The number of hydrogen-bond donors (Lipinski definition) is 1. The maximum Gasteiger partial charge on any atom is 0.161 e. The molecule has 0 unspecified atom stereocenters. The second-order valence-electron chi connectivity index (χ2n) is 10.1. The topological polar surface area (TPSA) is 100 Å². The Kier molecular flexibility index (Phi) is 6.48. The lowest BCUT2D eigenvalue weighted by molar-refractivity contribution is -0.242. The molecule has 208 valence electrons. The average molecular weight is 562 g/mol. The highest BCUT2D eigenvalue weighted by Crippen LogP contribution is 2.42. The molecule has 0 spiro atoms. The van der Waals surface area contributed by atoms with Gasteiger partial charge in [-0.1, -0.05) is 97.1 Å². The molecule has 7 rings (SSSR count). The standard InChI is InChI=1S/C35H26N6O2/c42-34(43)38-33-29(25-19-20-32-37-22-31(40(32)23-25)30-18-10-11-21-36-30)24-41(39-33)35(26-12-4-1-5-13-26,27-14-6-2-7-15-27)28-16-8-3-9-17-28/h1-24H,(H,38,39)(H,42,43)/p-1. The third-order valence-electron chi connectivity index (χ3n) is 7.60. The van der Waals surface area contributed by atoms with Crippen LogP contribution in [-0.2, 0) is 5.54 Å². The first-order valence-electron chi connectivity index (χ1n) is 13.8. The van der Waals surface area contributed by atoms with Crippen LogP contribution >= 0.6 is 0 Å². The monoisotopic (exact) mass is 561 g/mol. The van der Waals surface area contributed by atoms with E-state index in [1.807, 2.05) is 106 Å². The first-order valence-corrected chi connectivity index (χ1v) is 13.8. The van der Waals surface area contributed by atoms with Crippen LogP contribution in [0.4, 0.5) is 10.6 Å². The van der Waals surface area contributed by atoms with Crippen LogP contribution in [0.15, 0.2) is 146 Å². The van der Waals surface area contributed by atoms with E-state index in [1.54, 1.807) is 12.4 Å². The van der Waals surface area contributed by atoms with Gasteiger partial charge in [-0.05, 0) is 41.0 Å². The molecule has 1 amide bonds. The molecule has 3 aromatic carbocycles. The molecular weight excluding hydrogens is 536 g/mol. The minimum absolute atomic E-state index is 0.158. The second kappa shape index (κ2) is 10.8. The zero-order chi connectivity index (χ0) is 29.2. The number of carboxylic acid groups (broad SMARTS) is 1. The highest BCUT2D eigenvalue weighted by Gasteiger charge is 2.40. The van der Waals surface area contributed by atoms with Gasteiger partial charge >= 0.3 is 0 Å². The van der Waals surface area contributed by atoms with Gasteiger partial charge < -0.3 is 15.2 Å². The fraction of sp³-hybridized carbons (Fsp3) is 0.0286. The molecule has 8 heteroatoms. The van der Waals surface area contributed by atoms with Crippen molar-refractivity contribution in [3.8, 4) is 22.5 Å². The van der Waals surface area contributed by atoms with Crippen molar-refractivity contribution in [1.82, 2.24) is 24.1 Å². The lowest BCUT2D eigenvalue weighted by Gasteiger charge is -2.36. The summed E-state index contributed by atoms with van der Waals surface area (Å²) in [6, 6.07) is 39.7. The largest absolute Gasteiger partial charge is 0.530 e. The molecule has 0 aliphatic rings. The molecule has 4 aromatic heterocycles. The number of pyridine rings is 2. The summed E-state index contributed by atoms with van der Waals surface area (Å²) in [4.78, 5) is 21.0. The normalized spacial score (nSPS) is 11.4. The summed E-state index contributed by atoms with van der Waals surface area (Å²) >= 11 is 0. The van der Waals surface area contributed by atoms with Crippen LogP contribution in [0.3, 0.4) is 0 Å². The third-order valence-corrected chi connectivity index (χ3v) is 7.60. The highest BCUT2D eigenvalue weighted by molar-refractivity contribution is 5.87. The summed E-state index contributed by atoms with van der Waals surface area (Å²) in [6.45, 7) is 0. The van der Waals surface area contributed by atoms with Crippen molar-refractivity contribution in [2.75, 3.05) is 5.32 Å². The van der Waals surface area contributed by atoms with E-state index in [1.165, 1.54) is 0 Å². The van der Waals surface area contributed by atoms with Crippen molar-refractivity contribution in [2.24, 2.45) is 0 Å².